The molecular formula is C25H25N3O3. The zero-order valence-electron chi connectivity index (χ0n) is 17.3. The van der Waals surface area contributed by atoms with Gasteiger partial charge < -0.3 is 10.0 Å². The molecule has 31 heavy (non-hydrogen) atoms. The molecule has 0 atom stereocenters. The molecule has 0 unspecified atom stereocenters. The minimum Gasteiger partial charge on any atom is -0.476 e. The van der Waals surface area contributed by atoms with Crippen molar-refractivity contribution in [3.8, 4) is 0 Å². The van der Waals surface area contributed by atoms with Crippen molar-refractivity contribution < 1.29 is 14.7 Å². The van der Waals surface area contributed by atoms with E-state index in [1.807, 2.05) is 12.1 Å². The molecule has 1 fully saturated rings. The van der Waals surface area contributed by atoms with Crippen LogP contribution < -0.4 is 9.91 Å². The zero-order valence-corrected chi connectivity index (χ0v) is 17.3. The lowest BCUT2D eigenvalue weighted by atomic mass is 9.94. The number of hydrogen-bond donors (Lipinski definition) is 1. The number of hydrazone groups is 1. The summed E-state index contributed by atoms with van der Waals surface area (Å²) in [6.45, 7) is 1.03. The minimum atomic E-state index is -1.21. The average molecular weight is 415 g/mol. The first-order valence-electron chi connectivity index (χ1n) is 10.9. The third-order valence-corrected chi connectivity index (χ3v) is 6.44. The summed E-state index contributed by atoms with van der Waals surface area (Å²) in [4.78, 5) is 27.3. The highest BCUT2D eigenvalue weighted by molar-refractivity contribution is 6.53. The van der Waals surface area contributed by atoms with Gasteiger partial charge in [0.1, 0.15) is 0 Å². The van der Waals surface area contributed by atoms with Crippen molar-refractivity contribution >= 4 is 35.0 Å². The van der Waals surface area contributed by atoms with Gasteiger partial charge in [0.2, 0.25) is 0 Å². The Morgan fingerprint density at radius 1 is 1.06 bits per heavy atom. The quantitative estimate of drug-likeness (QED) is 0.758. The molecule has 2 heterocycles. The molecule has 2 aliphatic heterocycles. The van der Waals surface area contributed by atoms with E-state index in [1.54, 1.807) is 30.3 Å². The number of fused-ring (bicyclic) bond motifs is 1. The van der Waals surface area contributed by atoms with E-state index in [2.05, 4.69) is 22.1 Å². The lowest BCUT2D eigenvalue weighted by Crippen LogP contribution is -2.35. The average Bonchev–Trinajstić information content (AvgIpc) is 3.36. The Balaban J connectivity index is 1.44. The summed E-state index contributed by atoms with van der Waals surface area (Å²) in [5.74, 6) is -1.63. The smallest absolute Gasteiger partial charge is 0.357 e. The number of aliphatic carboxylic acids is 1. The van der Waals surface area contributed by atoms with Gasteiger partial charge in [0, 0.05) is 18.3 Å². The first-order chi connectivity index (χ1) is 15.1. The van der Waals surface area contributed by atoms with Gasteiger partial charge in [-0.05, 0) is 60.7 Å². The molecule has 5 rings (SSSR count). The van der Waals surface area contributed by atoms with Crippen LogP contribution in [0.5, 0.6) is 0 Å². The van der Waals surface area contributed by atoms with E-state index in [-0.39, 0.29) is 11.3 Å². The van der Waals surface area contributed by atoms with E-state index in [0.29, 0.717) is 11.7 Å². The lowest BCUT2D eigenvalue weighted by molar-refractivity contribution is -0.129. The molecule has 1 N–H and O–H groups in total. The second-order valence-corrected chi connectivity index (χ2v) is 8.39. The maximum absolute atomic E-state index is 13.0. The highest BCUT2D eigenvalue weighted by Gasteiger charge is 2.35. The maximum atomic E-state index is 13.0. The number of carbonyl (C=O) groups excluding carboxylic acids is 1. The minimum absolute atomic E-state index is 0.110. The van der Waals surface area contributed by atoms with Gasteiger partial charge in [0.25, 0.3) is 5.91 Å². The third kappa shape index (κ3) is 3.63. The second-order valence-electron chi connectivity index (χ2n) is 8.39. The van der Waals surface area contributed by atoms with E-state index in [9.17, 15) is 14.7 Å². The van der Waals surface area contributed by atoms with Crippen LogP contribution in [0.25, 0.3) is 6.08 Å². The van der Waals surface area contributed by atoms with Gasteiger partial charge in [-0.15, -0.1) is 0 Å². The zero-order chi connectivity index (χ0) is 21.4. The molecule has 2 aromatic rings. The van der Waals surface area contributed by atoms with Gasteiger partial charge in [-0.1, -0.05) is 43.5 Å². The number of nitrogens with zero attached hydrogens (tertiary/aromatic N) is 3. The predicted molar refractivity (Wildman–Crippen MR) is 121 cm³/mol. The number of amides is 1. The number of para-hydroxylation sites is 1. The molecule has 158 valence electrons. The molecule has 6 nitrogen and oxygen atoms in total. The molecule has 6 heteroatoms. The third-order valence-electron chi connectivity index (χ3n) is 6.44. The van der Waals surface area contributed by atoms with Crippen molar-refractivity contribution in [2.75, 3.05) is 16.5 Å². The van der Waals surface area contributed by atoms with E-state index >= 15 is 0 Å². The van der Waals surface area contributed by atoms with E-state index in [4.69, 9.17) is 0 Å². The van der Waals surface area contributed by atoms with Gasteiger partial charge in [-0.3, -0.25) is 4.79 Å². The fourth-order valence-corrected chi connectivity index (χ4v) is 4.92. The van der Waals surface area contributed by atoms with Crippen molar-refractivity contribution in [3.05, 3.63) is 65.2 Å². The SMILES string of the molecule is O=C(O)C1=NN(c2ccccc2)C(=O)C1=Cc1ccc2c(c1)CCN2C1CCCCC1. The van der Waals surface area contributed by atoms with Crippen LogP contribution in [0.15, 0.2) is 59.2 Å². The Hall–Kier alpha value is -3.41. The van der Waals surface area contributed by atoms with E-state index in [0.717, 1.165) is 23.5 Å². The molecule has 1 amide bonds. The topological polar surface area (TPSA) is 73.2 Å². The normalized spacial score (nSPS) is 20.3. The molecule has 0 aromatic heterocycles. The van der Waals surface area contributed by atoms with Crippen molar-refractivity contribution in [1.82, 2.24) is 0 Å². The first kappa shape index (κ1) is 19.5. The molecule has 0 radical (unpaired) electrons. The number of carboxylic acids is 1. The highest BCUT2D eigenvalue weighted by atomic mass is 16.4. The summed E-state index contributed by atoms with van der Waals surface area (Å²) < 4.78 is 0. The Kier molecular flexibility index (Phi) is 5.06. The lowest BCUT2D eigenvalue weighted by Gasteiger charge is -2.33. The van der Waals surface area contributed by atoms with Crippen molar-refractivity contribution in [1.29, 1.82) is 0 Å². The Morgan fingerprint density at radius 3 is 2.58 bits per heavy atom. The number of carbonyl (C=O) groups is 2. The molecule has 0 saturated heterocycles. The van der Waals surface area contributed by atoms with Crippen LogP contribution >= 0.6 is 0 Å². The molecule has 1 saturated carbocycles. The number of benzene rings is 2. The molecule has 3 aliphatic rings. The van der Waals surface area contributed by atoms with Crippen LogP contribution in [0.1, 0.15) is 43.2 Å². The first-order valence-corrected chi connectivity index (χ1v) is 10.9. The monoisotopic (exact) mass is 415 g/mol. The van der Waals surface area contributed by atoms with Crippen LogP contribution in [0.4, 0.5) is 11.4 Å². The van der Waals surface area contributed by atoms with Gasteiger partial charge in [0.15, 0.2) is 5.71 Å². The van der Waals surface area contributed by atoms with Crippen LogP contribution in [-0.2, 0) is 16.0 Å². The number of anilines is 2. The largest absolute Gasteiger partial charge is 0.476 e. The summed E-state index contributed by atoms with van der Waals surface area (Å²) in [6.07, 6.45) is 9.09. The Bertz CT molecular complexity index is 1080. The summed E-state index contributed by atoms with van der Waals surface area (Å²) in [5, 5.41) is 14.9. The maximum Gasteiger partial charge on any atom is 0.357 e. The van der Waals surface area contributed by atoms with Gasteiger partial charge in [0.05, 0.1) is 11.3 Å². The summed E-state index contributed by atoms with van der Waals surface area (Å²) in [7, 11) is 0. The van der Waals surface area contributed by atoms with Crippen molar-refractivity contribution in [2.24, 2.45) is 5.10 Å². The molecule has 0 spiro atoms. The number of rotatable bonds is 4. The molecule has 2 aromatic carbocycles. The Labute approximate surface area is 181 Å². The summed E-state index contributed by atoms with van der Waals surface area (Å²) in [5.41, 5.74) is 3.81. The standard InChI is InChI=1S/C25H25N3O3/c29-24-21(23(25(30)31)26-28(24)20-9-5-2-6-10-20)16-17-11-12-22-18(15-17)13-14-27(22)19-7-3-1-4-8-19/h2,5-6,9-12,15-16,19H,1,3-4,7-8,13-14H2,(H,30,31). The van der Waals surface area contributed by atoms with Crippen LogP contribution in [0.2, 0.25) is 0 Å². The van der Waals surface area contributed by atoms with E-state index < -0.39 is 11.9 Å². The highest BCUT2D eigenvalue weighted by Crippen LogP contribution is 2.35. The van der Waals surface area contributed by atoms with Crippen molar-refractivity contribution in [2.45, 2.75) is 44.6 Å². The van der Waals surface area contributed by atoms with Crippen molar-refractivity contribution in [3.63, 3.8) is 0 Å². The van der Waals surface area contributed by atoms with Crippen LogP contribution in [0.3, 0.4) is 0 Å². The predicted octanol–water partition coefficient (Wildman–Crippen LogP) is 4.25. The number of hydrogen-bond acceptors (Lipinski definition) is 4. The second kappa shape index (κ2) is 8.02. The fourth-order valence-electron chi connectivity index (χ4n) is 4.92. The molecule has 0 bridgehead atoms. The fraction of sp³-hybridized carbons (Fsp3) is 0.320. The summed E-state index contributed by atoms with van der Waals surface area (Å²) in [6, 6.07) is 15.7. The van der Waals surface area contributed by atoms with Gasteiger partial charge in [-0.25, -0.2) is 4.79 Å². The van der Waals surface area contributed by atoms with Gasteiger partial charge >= 0.3 is 5.97 Å². The van der Waals surface area contributed by atoms with Crippen LogP contribution in [-0.4, -0.2) is 35.3 Å². The Morgan fingerprint density at radius 2 is 1.84 bits per heavy atom. The summed E-state index contributed by atoms with van der Waals surface area (Å²) >= 11 is 0. The van der Waals surface area contributed by atoms with E-state index in [1.165, 1.54) is 43.4 Å². The molecule has 1 aliphatic carbocycles. The number of carboxylic acid groups (broad SMARTS) is 1. The molecular weight excluding hydrogens is 390 g/mol. The van der Waals surface area contributed by atoms with Crippen LogP contribution in [0, 0.1) is 0 Å². The van der Waals surface area contributed by atoms with Gasteiger partial charge in [-0.2, -0.15) is 10.1 Å².